The van der Waals surface area contributed by atoms with E-state index in [-0.39, 0.29) is 5.60 Å². The van der Waals surface area contributed by atoms with Crippen LogP contribution in [-0.4, -0.2) is 13.9 Å². The standard InChI is InChI=1S/C15H22OSi/c1-5-15(16-17(2,3)4)10-12-7-6-11-8-9-13(15)14(11)12/h5-9,11-14H,1,10H2,2-4H3/t11-,12+,13+,14+,15+/m1/s1. The van der Waals surface area contributed by atoms with Crippen LogP contribution in [-0.2, 0) is 4.43 Å². The molecular formula is C15H22OSi. The lowest BCUT2D eigenvalue weighted by molar-refractivity contribution is 0.0807. The molecule has 92 valence electrons. The predicted molar refractivity (Wildman–Crippen MR) is 74.2 cm³/mol. The second-order valence-electron chi connectivity index (χ2n) is 6.69. The van der Waals surface area contributed by atoms with Crippen LogP contribution in [0.1, 0.15) is 6.42 Å². The van der Waals surface area contributed by atoms with Crippen LogP contribution >= 0.6 is 0 Å². The lowest BCUT2D eigenvalue weighted by Gasteiger charge is -2.38. The highest BCUT2D eigenvalue weighted by Crippen LogP contribution is 2.58. The summed E-state index contributed by atoms with van der Waals surface area (Å²) < 4.78 is 6.54. The van der Waals surface area contributed by atoms with Crippen LogP contribution in [0.4, 0.5) is 0 Å². The Morgan fingerprint density at radius 3 is 2.59 bits per heavy atom. The molecular weight excluding hydrogens is 224 g/mol. The van der Waals surface area contributed by atoms with Gasteiger partial charge in [0, 0.05) is 5.92 Å². The van der Waals surface area contributed by atoms with Crippen molar-refractivity contribution in [3.05, 3.63) is 37.0 Å². The zero-order valence-electron chi connectivity index (χ0n) is 11.0. The summed E-state index contributed by atoms with van der Waals surface area (Å²) in [5.74, 6) is 2.67. The van der Waals surface area contributed by atoms with Gasteiger partial charge in [-0.25, -0.2) is 0 Å². The van der Waals surface area contributed by atoms with E-state index in [1.54, 1.807) is 0 Å². The molecule has 0 aromatic carbocycles. The Labute approximate surface area is 105 Å². The molecule has 0 unspecified atom stereocenters. The molecule has 1 saturated carbocycles. The first kappa shape index (κ1) is 11.5. The molecule has 0 aromatic heterocycles. The minimum atomic E-state index is -1.53. The molecule has 3 aliphatic rings. The lowest BCUT2D eigenvalue weighted by atomic mass is 9.86. The van der Waals surface area contributed by atoms with Gasteiger partial charge in [-0.1, -0.05) is 30.4 Å². The van der Waals surface area contributed by atoms with E-state index in [1.165, 1.54) is 0 Å². The van der Waals surface area contributed by atoms with Crippen LogP contribution < -0.4 is 0 Å². The van der Waals surface area contributed by atoms with Gasteiger partial charge in [-0.3, -0.25) is 0 Å². The highest BCUT2D eigenvalue weighted by atomic mass is 28.4. The van der Waals surface area contributed by atoms with Crippen LogP contribution in [0.3, 0.4) is 0 Å². The van der Waals surface area contributed by atoms with Gasteiger partial charge >= 0.3 is 0 Å². The predicted octanol–water partition coefficient (Wildman–Crippen LogP) is 3.77. The van der Waals surface area contributed by atoms with Crippen LogP contribution in [0.2, 0.25) is 19.6 Å². The van der Waals surface area contributed by atoms with Gasteiger partial charge in [-0.05, 0) is 43.8 Å². The van der Waals surface area contributed by atoms with Crippen LogP contribution in [0.5, 0.6) is 0 Å². The van der Waals surface area contributed by atoms with E-state index in [2.05, 4.69) is 56.6 Å². The molecule has 17 heavy (non-hydrogen) atoms. The van der Waals surface area contributed by atoms with Crippen molar-refractivity contribution in [1.29, 1.82) is 0 Å². The molecule has 0 aliphatic heterocycles. The van der Waals surface area contributed by atoms with Crippen molar-refractivity contribution in [3.63, 3.8) is 0 Å². The van der Waals surface area contributed by atoms with Crippen molar-refractivity contribution < 1.29 is 4.43 Å². The van der Waals surface area contributed by atoms with Gasteiger partial charge < -0.3 is 4.43 Å². The van der Waals surface area contributed by atoms with E-state index in [1.807, 2.05) is 0 Å². The third kappa shape index (κ3) is 1.61. The SMILES string of the molecule is C=C[C@]1(O[Si](C)(C)C)C[C@@H]2C=C[C@@H]3C=C[C@H]1[C@@H]32. The molecule has 3 aliphatic carbocycles. The summed E-state index contributed by atoms with van der Waals surface area (Å²) in [4.78, 5) is 0. The molecule has 1 nitrogen and oxygen atoms in total. The summed E-state index contributed by atoms with van der Waals surface area (Å²) in [5, 5.41) is 0. The minimum Gasteiger partial charge on any atom is -0.408 e. The molecule has 3 rings (SSSR count). The highest BCUT2D eigenvalue weighted by molar-refractivity contribution is 6.69. The number of hydrogen-bond donors (Lipinski definition) is 0. The molecule has 0 radical (unpaired) electrons. The Bertz CT molecular complexity index is 404. The van der Waals surface area contributed by atoms with Gasteiger partial charge in [0.25, 0.3) is 0 Å². The summed E-state index contributed by atoms with van der Waals surface area (Å²) in [6.07, 6.45) is 12.8. The van der Waals surface area contributed by atoms with Crippen LogP contribution in [0, 0.1) is 23.7 Å². The largest absolute Gasteiger partial charge is 0.408 e. The Hall–Kier alpha value is -0.603. The van der Waals surface area contributed by atoms with Crippen molar-refractivity contribution in [2.24, 2.45) is 23.7 Å². The van der Waals surface area contributed by atoms with E-state index >= 15 is 0 Å². The van der Waals surface area contributed by atoms with Crippen LogP contribution in [0.25, 0.3) is 0 Å². The molecule has 0 saturated heterocycles. The van der Waals surface area contributed by atoms with E-state index in [0.29, 0.717) is 17.8 Å². The molecule has 0 spiro atoms. The summed E-state index contributed by atoms with van der Waals surface area (Å²) in [5.41, 5.74) is -0.0875. The molecule has 2 heteroatoms. The summed E-state index contributed by atoms with van der Waals surface area (Å²) in [6, 6.07) is 0. The molecule has 5 atom stereocenters. The molecule has 0 bridgehead atoms. The van der Waals surface area contributed by atoms with Gasteiger partial charge in [0.2, 0.25) is 0 Å². The van der Waals surface area contributed by atoms with Crippen molar-refractivity contribution in [3.8, 4) is 0 Å². The van der Waals surface area contributed by atoms with Gasteiger partial charge in [0.1, 0.15) is 0 Å². The molecule has 0 amide bonds. The maximum Gasteiger partial charge on any atom is 0.184 e. The Morgan fingerprint density at radius 2 is 1.94 bits per heavy atom. The topological polar surface area (TPSA) is 9.23 Å². The molecule has 1 fully saturated rings. The molecule has 0 N–H and O–H groups in total. The summed E-state index contributed by atoms with van der Waals surface area (Å²) in [6.45, 7) is 10.9. The van der Waals surface area contributed by atoms with E-state index in [0.717, 1.165) is 12.3 Å². The Balaban J connectivity index is 1.95. The average molecular weight is 246 g/mol. The van der Waals surface area contributed by atoms with Crippen LogP contribution in [0.15, 0.2) is 37.0 Å². The van der Waals surface area contributed by atoms with Crippen molar-refractivity contribution >= 4 is 8.32 Å². The van der Waals surface area contributed by atoms with Gasteiger partial charge in [-0.15, -0.1) is 6.58 Å². The smallest absolute Gasteiger partial charge is 0.184 e. The van der Waals surface area contributed by atoms with E-state index in [9.17, 15) is 0 Å². The fourth-order valence-corrected chi connectivity index (χ4v) is 5.47. The fourth-order valence-electron chi connectivity index (χ4n) is 4.03. The second kappa shape index (κ2) is 3.45. The zero-order valence-corrected chi connectivity index (χ0v) is 12.0. The Kier molecular flexibility index (Phi) is 2.33. The third-order valence-electron chi connectivity index (χ3n) is 4.44. The van der Waals surface area contributed by atoms with E-state index in [4.69, 9.17) is 4.43 Å². The van der Waals surface area contributed by atoms with Crippen molar-refractivity contribution in [1.82, 2.24) is 0 Å². The number of hydrogen-bond acceptors (Lipinski definition) is 1. The maximum atomic E-state index is 6.54. The quantitative estimate of drug-likeness (QED) is 0.544. The fraction of sp³-hybridized carbons (Fsp3) is 0.600. The van der Waals surface area contributed by atoms with Crippen molar-refractivity contribution in [2.75, 3.05) is 0 Å². The highest BCUT2D eigenvalue weighted by Gasteiger charge is 2.57. The molecule has 0 heterocycles. The average Bonchev–Trinajstić information content (AvgIpc) is 2.82. The first-order valence-corrected chi connectivity index (χ1v) is 10.1. The normalized spacial score (nSPS) is 46.5. The first-order chi connectivity index (χ1) is 7.95. The second-order valence-corrected chi connectivity index (χ2v) is 11.1. The number of allylic oxidation sites excluding steroid dienone is 3. The lowest BCUT2D eigenvalue weighted by Crippen LogP contribution is -2.44. The summed E-state index contributed by atoms with van der Waals surface area (Å²) >= 11 is 0. The van der Waals surface area contributed by atoms with Crippen molar-refractivity contribution in [2.45, 2.75) is 31.7 Å². The van der Waals surface area contributed by atoms with E-state index < -0.39 is 8.32 Å². The first-order valence-electron chi connectivity index (χ1n) is 6.66. The minimum absolute atomic E-state index is 0.0875. The maximum absolute atomic E-state index is 6.54. The molecule has 0 aromatic rings. The summed E-state index contributed by atoms with van der Waals surface area (Å²) in [7, 11) is -1.53. The van der Waals surface area contributed by atoms with Gasteiger partial charge in [0.05, 0.1) is 5.60 Å². The Morgan fingerprint density at radius 1 is 1.24 bits per heavy atom. The van der Waals surface area contributed by atoms with Gasteiger partial charge in [0.15, 0.2) is 8.32 Å². The van der Waals surface area contributed by atoms with Gasteiger partial charge in [-0.2, -0.15) is 0 Å². The number of rotatable bonds is 3. The third-order valence-corrected chi connectivity index (χ3v) is 5.43. The zero-order chi connectivity index (χ0) is 12.3. The monoisotopic (exact) mass is 246 g/mol.